The molecular weight excluding hydrogens is 382 g/mol. The van der Waals surface area contributed by atoms with E-state index in [1.54, 1.807) is 30.5 Å². The number of thiophene rings is 1. The molecule has 1 aromatic carbocycles. The highest BCUT2D eigenvalue weighted by Gasteiger charge is 2.25. The zero-order chi connectivity index (χ0) is 19.3. The molecule has 1 atom stereocenters. The molecule has 0 saturated carbocycles. The first kappa shape index (κ1) is 19.2. The van der Waals surface area contributed by atoms with E-state index in [1.807, 2.05) is 36.4 Å². The van der Waals surface area contributed by atoms with Crippen LogP contribution in [0.1, 0.15) is 29.1 Å². The molecule has 8 heteroatoms. The number of nitrogens with zero attached hydrogens (tertiary/aromatic N) is 1. The number of hydrogen-bond donors (Lipinski definition) is 2. The first-order valence-electron chi connectivity index (χ1n) is 8.27. The van der Waals surface area contributed by atoms with Crippen LogP contribution in [0.3, 0.4) is 0 Å². The van der Waals surface area contributed by atoms with Crippen molar-refractivity contribution in [3.8, 4) is 0 Å². The Kier molecular flexibility index (Phi) is 6.00. The van der Waals surface area contributed by atoms with Crippen molar-refractivity contribution in [1.29, 1.82) is 0 Å². The summed E-state index contributed by atoms with van der Waals surface area (Å²) in [5.74, 6) is -0.162. The highest BCUT2D eigenvalue weighted by Crippen LogP contribution is 2.26. The van der Waals surface area contributed by atoms with Gasteiger partial charge in [0.15, 0.2) is 0 Å². The van der Waals surface area contributed by atoms with Crippen molar-refractivity contribution in [3.05, 3.63) is 83.0 Å². The largest absolute Gasteiger partial charge is 0.351 e. The first-order chi connectivity index (χ1) is 13.0. The minimum Gasteiger partial charge on any atom is -0.351 e. The van der Waals surface area contributed by atoms with Crippen LogP contribution in [0.5, 0.6) is 0 Å². The van der Waals surface area contributed by atoms with Crippen LogP contribution in [0.2, 0.25) is 0 Å². The van der Waals surface area contributed by atoms with Gasteiger partial charge in [0.05, 0.1) is 18.3 Å². The summed E-state index contributed by atoms with van der Waals surface area (Å²) >= 11 is 1.13. The van der Waals surface area contributed by atoms with Crippen LogP contribution in [0.15, 0.2) is 71.1 Å². The average molecular weight is 402 g/mol. The van der Waals surface area contributed by atoms with E-state index in [2.05, 4.69) is 15.0 Å². The van der Waals surface area contributed by atoms with Gasteiger partial charge in [-0.05, 0) is 29.8 Å². The lowest BCUT2D eigenvalue weighted by Crippen LogP contribution is -2.29. The number of benzene rings is 1. The molecule has 0 spiro atoms. The molecule has 1 unspecified atom stereocenters. The fourth-order valence-corrected chi connectivity index (χ4v) is 5.02. The van der Waals surface area contributed by atoms with Crippen LogP contribution >= 0.6 is 11.3 Å². The number of aromatic nitrogens is 1. The van der Waals surface area contributed by atoms with Crippen molar-refractivity contribution in [2.24, 2.45) is 0 Å². The summed E-state index contributed by atoms with van der Waals surface area (Å²) in [6.07, 6.45) is 1.64. The van der Waals surface area contributed by atoms with E-state index in [1.165, 1.54) is 6.92 Å². The third-order valence-electron chi connectivity index (χ3n) is 3.80. The fourth-order valence-electron chi connectivity index (χ4n) is 2.51. The number of hydrogen-bond acceptors (Lipinski definition) is 5. The second kappa shape index (κ2) is 8.43. The smallest absolute Gasteiger partial charge is 0.250 e. The zero-order valence-corrected chi connectivity index (χ0v) is 16.3. The van der Waals surface area contributed by atoms with Crippen LogP contribution in [0.4, 0.5) is 0 Å². The number of rotatable bonds is 7. The van der Waals surface area contributed by atoms with E-state index in [-0.39, 0.29) is 10.1 Å². The molecule has 3 aromatic rings. The van der Waals surface area contributed by atoms with Gasteiger partial charge in [-0.2, -0.15) is 4.72 Å². The van der Waals surface area contributed by atoms with Gasteiger partial charge in [0.1, 0.15) is 4.21 Å². The normalized spacial score (nSPS) is 12.5. The topological polar surface area (TPSA) is 88.2 Å². The third kappa shape index (κ3) is 5.00. The lowest BCUT2D eigenvalue weighted by atomic mass is 10.0. The lowest BCUT2D eigenvalue weighted by molar-refractivity contribution is -0.119. The van der Waals surface area contributed by atoms with Crippen LogP contribution in [-0.4, -0.2) is 19.3 Å². The monoisotopic (exact) mass is 401 g/mol. The van der Waals surface area contributed by atoms with Gasteiger partial charge in [-0.15, -0.1) is 11.3 Å². The molecule has 140 valence electrons. The molecule has 0 aliphatic carbocycles. The maximum absolute atomic E-state index is 12.9. The van der Waals surface area contributed by atoms with Crippen LogP contribution in [0, 0.1) is 0 Å². The standard InChI is InChI=1S/C19H19N3O3S2/c1-14(23)21-13-16-10-11-18(26-16)27(24,25)22-19(15-7-3-2-4-8-15)17-9-5-6-12-20-17/h2-12,19,22H,13H2,1H3,(H,21,23). The number of nitrogens with one attached hydrogen (secondary N) is 2. The van der Waals surface area contributed by atoms with E-state index in [0.29, 0.717) is 12.2 Å². The first-order valence-corrected chi connectivity index (χ1v) is 10.6. The Balaban J connectivity index is 1.88. The lowest BCUT2D eigenvalue weighted by Gasteiger charge is -2.18. The molecule has 1 amide bonds. The van der Waals surface area contributed by atoms with Gasteiger partial charge in [-0.3, -0.25) is 9.78 Å². The molecule has 27 heavy (non-hydrogen) atoms. The summed E-state index contributed by atoms with van der Waals surface area (Å²) in [6.45, 7) is 1.72. The molecule has 6 nitrogen and oxygen atoms in total. The summed E-state index contributed by atoms with van der Waals surface area (Å²) in [7, 11) is -3.76. The third-order valence-corrected chi connectivity index (χ3v) is 6.80. The Morgan fingerprint density at radius 3 is 2.48 bits per heavy atom. The maximum atomic E-state index is 12.9. The predicted molar refractivity (Wildman–Crippen MR) is 105 cm³/mol. The number of carbonyl (C=O) groups excluding carboxylic acids is 1. The van der Waals surface area contributed by atoms with Crippen LogP contribution in [0.25, 0.3) is 0 Å². The summed E-state index contributed by atoms with van der Waals surface area (Å²) in [4.78, 5) is 16.1. The fraction of sp³-hybridized carbons (Fsp3) is 0.158. The highest BCUT2D eigenvalue weighted by molar-refractivity contribution is 7.91. The minimum absolute atomic E-state index is 0.162. The number of sulfonamides is 1. The van der Waals surface area contributed by atoms with Crippen molar-refractivity contribution in [3.63, 3.8) is 0 Å². The molecule has 0 radical (unpaired) electrons. The van der Waals surface area contributed by atoms with Gasteiger partial charge in [0, 0.05) is 18.0 Å². The highest BCUT2D eigenvalue weighted by atomic mass is 32.2. The molecule has 0 aliphatic rings. The van der Waals surface area contributed by atoms with E-state index >= 15 is 0 Å². The summed E-state index contributed by atoms with van der Waals surface area (Å²) in [5, 5.41) is 2.67. The van der Waals surface area contributed by atoms with Crippen molar-refractivity contribution in [2.75, 3.05) is 0 Å². The van der Waals surface area contributed by atoms with Crippen molar-refractivity contribution in [2.45, 2.75) is 23.7 Å². The van der Waals surface area contributed by atoms with Crippen molar-refractivity contribution >= 4 is 27.3 Å². The quantitative estimate of drug-likeness (QED) is 0.637. The summed E-state index contributed by atoms with van der Waals surface area (Å²) in [5.41, 5.74) is 1.41. The Morgan fingerprint density at radius 1 is 1.07 bits per heavy atom. The summed E-state index contributed by atoms with van der Waals surface area (Å²) in [6, 6.07) is 17.4. The van der Waals surface area contributed by atoms with Gasteiger partial charge in [0.25, 0.3) is 10.0 Å². The molecular formula is C19H19N3O3S2. The van der Waals surface area contributed by atoms with Gasteiger partial charge in [-0.25, -0.2) is 8.42 Å². The molecule has 0 fully saturated rings. The Bertz CT molecular complexity index is 963. The van der Waals surface area contributed by atoms with E-state index < -0.39 is 16.1 Å². The number of carbonyl (C=O) groups is 1. The molecule has 3 rings (SSSR count). The Labute approximate surface area is 162 Å². The van der Waals surface area contributed by atoms with Gasteiger partial charge in [0.2, 0.25) is 5.91 Å². The van der Waals surface area contributed by atoms with E-state index in [4.69, 9.17) is 0 Å². The molecule has 2 heterocycles. The zero-order valence-electron chi connectivity index (χ0n) is 14.6. The van der Waals surface area contributed by atoms with E-state index in [0.717, 1.165) is 21.8 Å². The molecule has 2 aromatic heterocycles. The van der Waals surface area contributed by atoms with Gasteiger partial charge in [-0.1, -0.05) is 36.4 Å². The molecule has 2 N–H and O–H groups in total. The number of amides is 1. The van der Waals surface area contributed by atoms with Crippen molar-refractivity contribution < 1.29 is 13.2 Å². The van der Waals surface area contributed by atoms with E-state index in [9.17, 15) is 13.2 Å². The molecule has 0 saturated heterocycles. The Hall–Kier alpha value is -2.55. The second-order valence-electron chi connectivity index (χ2n) is 5.85. The van der Waals surface area contributed by atoms with Crippen molar-refractivity contribution in [1.82, 2.24) is 15.0 Å². The van der Waals surface area contributed by atoms with Crippen LogP contribution in [-0.2, 0) is 21.4 Å². The SMILES string of the molecule is CC(=O)NCc1ccc(S(=O)(=O)NC(c2ccccc2)c2ccccn2)s1. The predicted octanol–water partition coefficient (Wildman–Crippen LogP) is 2.85. The molecule has 0 aliphatic heterocycles. The molecule has 0 bridgehead atoms. The van der Waals surface area contributed by atoms with Gasteiger partial charge >= 0.3 is 0 Å². The maximum Gasteiger partial charge on any atom is 0.250 e. The van der Waals surface area contributed by atoms with Crippen LogP contribution < -0.4 is 10.0 Å². The second-order valence-corrected chi connectivity index (χ2v) is 8.96. The minimum atomic E-state index is -3.76. The summed E-state index contributed by atoms with van der Waals surface area (Å²) < 4.78 is 28.8. The Morgan fingerprint density at radius 2 is 1.81 bits per heavy atom. The number of pyridine rings is 1. The van der Waals surface area contributed by atoms with Gasteiger partial charge < -0.3 is 5.32 Å². The average Bonchev–Trinajstić information content (AvgIpc) is 3.16.